The predicted molar refractivity (Wildman–Crippen MR) is 76.1 cm³/mol. The molecule has 2 aromatic carbocycles. The molecule has 1 N–H and O–H groups in total. The molecule has 0 saturated heterocycles. The first-order chi connectivity index (χ1) is 9.33. The molecule has 19 heavy (non-hydrogen) atoms. The molecular formula is C16H17NO2. The second-order valence-electron chi connectivity index (χ2n) is 4.26. The molecule has 2 rings (SSSR count). The number of aryl methyl sites for hydroxylation is 1. The van der Waals surface area contributed by atoms with Crippen molar-refractivity contribution in [1.29, 1.82) is 0 Å². The summed E-state index contributed by atoms with van der Waals surface area (Å²) < 4.78 is 5.12. The van der Waals surface area contributed by atoms with Gasteiger partial charge in [-0.15, -0.1) is 0 Å². The van der Waals surface area contributed by atoms with Crippen LogP contribution >= 0.6 is 0 Å². The first-order valence-electron chi connectivity index (χ1n) is 6.23. The van der Waals surface area contributed by atoms with E-state index in [1.54, 1.807) is 7.11 Å². The van der Waals surface area contributed by atoms with Crippen LogP contribution in [0, 0.1) is 0 Å². The number of benzene rings is 2. The van der Waals surface area contributed by atoms with Crippen LogP contribution in [-0.2, 0) is 6.42 Å². The quantitative estimate of drug-likeness (QED) is 0.504. The van der Waals surface area contributed by atoms with E-state index >= 15 is 0 Å². The van der Waals surface area contributed by atoms with Crippen molar-refractivity contribution in [2.45, 2.75) is 12.8 Å². The second kappa shape index (κ2) is 6.59. The maximum atomic E-state index is 9.11. The largest absolute Gasteiger partial charge is 0.497 e. The van der Waals surface area contributed by atoms with Crippen molar-refractivity contribution in [1.82, 2.24) is 0 Å². The highest BCUT2D eigenvalue weighted by molar-refractivity contribution is 6.00. The van der Waals surface area contributed by atoms with Crippen molar-refractivity contribution in [3.63, 3.8) is 0 Å². The summed E-state index contributed by atoms with van der Waals surface area (Å²) in [5, 5.41) is 12.5. The lowest BCUT2D eigenvalue weighted by Gasteiger charge is -2.06. The van der Waals surface area contributed by atoms with Crippen molar-refractivity contribution < 1.29 is 9.94 Å². The lowest BCUT2D eigenvalue weighted by Crippen LogP contribution is -2.03. The third kappa shape index (κ3) is 3.58. The molecule has 0 fully saturated rings. The highest BCUT2D eigenvalue weighted by Crippen LogP contribution is 2.14. The smallest absolute Gasteiger partial charge is 0.118 e. The third-order valence-electron chi connectivity index (χ3n) is 3.04. The second-order valence-corrected chi connectivity index (χ2v) is 4.26. The Morgan fingerprint density at radius 3 is 2.32 bits per heavy atom. The van der Waals surface area contributed by atoms with E-state index in [-0.39, 0.29) is 0 Å². The Morgan fingerprint density at radius 1 is 1.05 bits per heavy atom. The standard InChI is InChI=1S/C16H17NO2/c1-19-15-10-7-13(8-11-15)9-12-16(17-18)14-5-3-2-4-6-14/h2-8,10-11,18H,9,12H2,1H3/b17-16-. The Kier molecular flexibility index (Phi) is 4.56. The molecule has 0 unspecified atom stereocenters. The zero-order valence-corrected chi connectivity index (χ0v) is 10.9. The first-order valence-corrected chi connectivity index (χ1v) is 6.23. The summed E-state index contributed by atoms with van der Waals surface area (Å²) in [5.41, 5.74) is 2.85. The Morgan fingerprint density at radius 2 is 1.74 bits per heavy atom. The zero-order valence-electron chi connectivity index (χ0n) is 10.9. The van der Waals surface area contributed by atoms with Crippen LogP contribution < -0.4 is 4.74 Å². The van der Waals surface area contributed by atoms with Gasteiger partial charge < -0.3 is 9.94 Å². The van der Waals surface area contributed by atoms with Crippen LogP contribution in [0.5, 0.6) is 5.75 Å². The fraction of sp³-hybridized carbons (Fsp3) is 0.188. The van der Waals surface area contributed by atoms with E-state index in [2.05, 4.69) is 5.16 Å². The first kappa shape index (κ1) is 13.1. The molecule has 0 aliphatic heterocycles. The van der Waals surface area contributed by atoms with Gasteiger partial charge in [-0.25, -0.2) is 0 Å². The fourth-order valence-corrected chi connectivity index (χ4v) is 1.94. The number of hydrogen-bond acceptors (Lipinski definition) is 3. The van der Waals surface area contributed by atoms with Gasteiger partial charge in [0.1, 0.15) is 5.75 Å². The van der Waals surface area contributed by atoms with Crippen LogP contribution in [0.2, 0.25) is 0 Å². The highest BCUT2D eigenvalue weighted by atomic mass is 16.5. The van der Waals surface area contributed by atoms with Crippen LogP contribution in [0.25, 0.3) is 0 Å². The van der Waals surface area contributed by atoms with E-state index in [0.717, 1.165) is 17.7 Å². The summed E-state index contributed by atoms with van der Waals surface area (Å²) >= 11 is 0. The van der Waals surface area contributed by atoms with Gasteiger partial charge in [0.05, 0.1) is 12.8 Å². The number of methoxy groups -OCH3 is 1. The van der Waals surface area contributed by atoms with Gasteiger partial charge >= 0.3 is 0 Å². The molecule has 3 heteroatoms. The Labute approximate surface area is 113 Å². The van der Waals surface area contributed by atoms with Crippen LogP contribution in [0.1, 0.15) is 17.5 Å². The topological polar surface area (TPSA) is 41.8 Å². The molecule has 0 aliphatic rings. The number of nitrogens with zero attached hydrogens (tertiary/aromatic N) is 1. The summed E-state index contributed by atoms with van der Waals surface area (Å²) in [7, 11) is 1.65. The average molecular weight is 255 g/mol. The monoisotopic (exact) mass is 255 g/mol. The summed E-state index contributed by atoms with van der Waals surface area (Å²) in [6.07, 6.45) is 1.53. The lowest BCUT2D eigenvalue weighted by atomic mass is 10.0. The summed E-state index contributed by atoms with van der Waals surface area (Å²) in [6, 6.07) is 17.6. The van der Waals surface area contributed by atoms with Gasteiger partial charge in [-0.05, 0) is 36.1 Å². The number of hydrogen-bond donors (Lipinski definition) is 1. The van der Waals surface area contributed by atoms with Gasteiger partial charge in [-0.1, -0.05) is 47.6 Å². The summed E-state index contributed by atoms with van der Waals surface area (Å²) in [6.45, 7) is 0. The minimum atomic E-state index is 0.701. The van der Waals surface area contributed by atoms with Crippen molar-refractivity contribution in [2.24, 2.45) is 5.16 Å². The van der Waals surface area contributed by atoms with Crippen LogP contribution in [-0.4, -0.2) is 18.0 Å². The van der Waals surface area contributed by atoms with Gasteiger partial charge in [0.2, 0.25) is 0 Å². The van der Waals surface area contributed by atoms with Crippen molar-refractivity contribution in [3.8, 4) is 5.75 Å². The summed E-state index contributed by atoms with van der Waals surface area (Å²) in [4.78, 5) is 0. The normalized spacial score (nSPS) is 11.3. The van der Waals surface area contributed by atoms with E-state index < -0.39 is 0 Å². The molecule has 0 spiro atoms. The van der Waals surface area contributed by atoms with Gasteiger partial charge in [-0.3, -0.25) is 0 Å². The molecule has 0 aliphatic carbocycles. The van der Waals surface area contributed by atoms with Crippen LogP contribution in [0.3, 0.4) is 0 Å². The van der Waals surface area contributed by atoms with E-state index in [4.69, 9.17) is 9.94 Å². The molecule has 2 aromatic rings. The van der Waals surface area contributed by atoms with Crippen molar-refractivity contribution >= 4 is 5.71 Å². The fourth-order valence-electron chi connectivity index (χ4n) is 1.94. The Bertz CT molecular complexity index is 532. The predicted octanol–water partition coefficient (Wildman–Crippen LogP) is 3.51. The van der Waals surface area contributed by atoms with E-state index in [1.807, 2.05) is 54.6 Å². The minimum Gasteiger partial charge on any atom is -0.497 e. The van der Waals surface area contributed by atoms with Crippen molar-refractivity contribution in [3.05, 3.63) is 65.7 Å². The van der Waals surface area contributed by atoms with Gasteiger partial charge in [0.25, 0.3) is 0 Å². The third-order valence-corrected chi connectivity index (χ3v) is 3.04. The van der Waals surface area contributed by atoms with E-state index in [0.29, 0.717) is 12.1 Å². The molecule has 0 aromatic heterocycles. The van der Waals surface area contributed by atoms with Gasteiger partial charge in [-0.2, -0.15) is 0 Å². The Balaban J connectivity index is 2.00. The van der Waals surface area contributed by atoms with Crippen molar-refractivity contribution in [2.75, 3.05) is 7.11 Å². The highest BCUT2D eigenvalue weighted by Gasteiger charge is 2.04. The summed E-state index contributed by atoms with van der Waals surface area (Å²) in [5.74, 6) is 0.850. The van der Waals surface area contributed by atoms with Gasteiger partial charge in [0, 0.05) is 0 Å². The van der Waals surface area contributed by atoms with Crippen LogP contribution in [0.4, 0.5) is 0 Å². The lowest BCUT2D eigenvalue weighted by molar-refractivity contribution is 0.318. The van der Waals surface area contributed by atoms with E-state index in [9.17, 15) is 0 Å². The molecule has 3 nitrogen and oxygen atoms in total. The SMILES string of the molecule is COc1ccc(CC/C(=N/O)c2ccccc2)cc1. The zero-order chi connectivity index (χ0) is 13.5. The number of ether oxygens (including phenoxy) is 1. The molecular weight excluding hydrogens is 238 g/mol. The van der Waals surface area contributed by atoms with E-state index in [1.165, 1.54) is 5.56 Å². The number of oxime groups is 1. The molecule has 98 valence electrons. The Hall–Kier alpha value is -2.29. The maximum Gasteiger partial charge on any atom is 0.118 e. The molecule has 0 saturated carbocycles. The van der Waals surface area contributed by atoms with Gasteiger partial charge in [0.15, 0.2) is 0 Å². The minimum absolute atomic E-state index is 0.701. The molecule has 0 atom stereocenters. The number of rotatable bonds is 5. The molecule has 0 radical (unpaired) electrons. The maximum absolute atomic E-state index is 9.11. The average Bonchev–Trinajstić information content (AvgIpc) is 2.49. The van der Waals surface area contributed by atoms with Crippen LogP contribution in [0.15, 0.2) is 59.8 Å². The molecule has 0 heterocycles. The molecule has 0 bridgehead atoms. The molecule has 0 amide bonds.